The molecule has 0 spiro atoms. The van der Waals surface area contributed by atoms with Crippen LogP contribution in [-0.2, 0) is 0 Å². The fourth-order valence-corrected chi connectivity index (χ4v) is 9.13. The van der Waals surface area contributed by atoms with Gasteiger partial charge in [0.05, 0.1) is 22.3 Å². The second-order valence-electron chi connectivity index (χ2n) is 15.1. The van der Waals surface area contributed by atoms with E-state index in [4.69, 9.17) is 23.8 Å². The van der Waals surface area contributed by atoms with Gasteiger partial charge in [0.1, 0.15) is 22.3 Å². The van der Waals surface area contributed by atoms with Crippen LogP contribution in [0.15, 0.2) is 191 Å². The van der Waals surface area contributed by atoms with Crippen molar-refractivity contribution in [3.63, 3.8) is 0 Å². The van der Waals surface area contributed by atoms with Crippen molar-refractivity contribution in [2.45, 2.75) is 0 Å². The standard InChI is InChI=1S/C53H30N4O2/c1-2-13-31(14-3-1)51-54-52(34-25-26-47-42(28-34)37-19-9-11-24-46(37)58-47)56-53(55-51)40-22-12-21-39-49-38-20-7-6-17-35(38)45(30-48(49)59-50(39)40)57-43-23-10-8-18-36(43)41-27-32-15-4-5-16-33(32)29-44(41)57/h1-30H. The Balaban J connectivity index is 1.06. The number of rotatable bonds is 4. The van der Waals surface area contributed by atoms with Crippen LogP contribution in [0.5, 0.6) is 0 Å². The first-order valence-corrected chi connectivity index (χ1v) is 19.8. The molecule has 0 saturated heterocycles. The van der Waals surface area contributed by atoms with E-state index in [9.17, 15) is 0 Å². The molecule has 59 heavy (non-hydrogen) atoms. The van der Waals surface area contributed by atoms with E-state index in [-0.39, 0.29) is 0 Å². The van der Waals surface area contributed by atoms with E-state index in [0.29, 0.717) is 17.5 Å². The fraction of sp³-hybridized carbons (Fsp3) is 0. The number of fused-ring (bicyclic) bond motifs is 12. The molecule has 6 heteroatoms. The molecule has 0 N–H and O–H groups in total. The first kappa shape index (κ1) is 32.0. The average molecular weight is 755 g/mol. The number of hydrogen-bond acceptors (Lipinski definition) is 5. The highest BCUT2D eigenvalue weighted by Gasteiger charge is 2.22. The number of furan rings is 2. The molecule has 0 aliphatic carbocycles. The maximum Gasteiger partial charge on any atom is 0.167 e. The third-order valence-corrected chi connectivity index (χ3v) is 11.8. The molecule has 274 valence electrons. The molecule has 0 fully saturated rings. The Hall–Kier alpha value is -8.09. The lowest BCUT2D eigenvalue weighted by Crippen LogP contribution is -2.00. The minimum atomic E-state index is 0.537. The molecule has 0 bridgehead atoms. The predicted molar refractivity (Wildman–Crippen MR) is 240 cm³/mol. The first-order chi connectivity index (χ1) is 29.2. The maximum atomic E-state index is 7.04. The second kappa shape index (κ2) is 12.2. The summed E-state index contributed by atoms with van der Waals surface area (Å²) in [6.07, 6.45) is 0. The normalized spacial score (nSPS) is 12.1. The minimum Gasteiger partial charge on any atom is -0.456 e. The fourth-order valence-electron chi connectivity index (χ4n) is 9.13. The molecule has 4 aromatic heterocycles. The highest BCUT2D eigenvalue weighted by Crippen LogP contribution is 2.44. The predicted octanol–water partition coefficient (Wildman–Crippen LogP) is 14.1. The van der Waals surface area contributed by atoms with Crippen LogP contribution in [-0.4, -0.2) is 19.5 Å². The lowest BCUT2D eigenvalue weighted by molar-refractivity contribution is 0.669. The third kappa shape index (κ3) is 4.77. The molecular formula is C53H30N4O2. The molecular weight excluding hydrogens is 725 g/mol. The lowest BCUT2D eigenvalue weighted by atomic mass is 10.0. The Morgan fingerprint density at radius 3 is 1.88 bits per heavy atom. The van der Waals surface area contributed by atoms with Crippen LogP contribution in [0.3, 0.4) is 0 Å². The van der Waals surface area contributed by atoms with Gasteiger partial charge >= 0.3 is 0 Å². The Kier molecular flexibility index (Phi) is 6.63. The molecule has 13 rings (SSSR count). The van der Waals surface area contributed by atoms with Crippen molar-refractivity contribution in [3.8, 4) is 39.9 Å². The number of aromatic nitrogens is 4. The highest BCUT2D eigenvalue weighted by atomic mass is 16.3. The van der Waals surface area contributed by atoms with Crippen LogP contribution in [0, 0.1) is 0 Å². The van der Waals surface area contributed by atoms with Crippen molar-refractivity contribution in [1.29, 1.82) is 0 Å². The zero-order valence-corrected chi connectivity index (χ0v) is 31.4. The minimum absolute atomic E-state index is 0.537. The van der Waals surface area contributed by atoms with Gasteiger partial charge in [0.25, 0.3) is 0 Å². The molecule has 4 heterocycles. The molecule has 6 nitrogen and oxygen atoms in total. The van der Waals surface area contributed by atoms with E-state index in [0.717, 1.165) is 88.1 Å². The summed E-state index contributed by atoms with van der Waals surface area (Å²) in [6, 6.07) is 63.3. The molecule has 0 aliphatic heterocycles. The van der Waals surface area contributed by atoms with Gasteiger partial charge in [-0.1, -0.05) is 127 Å². The van der Waals surface area contributed by atoms with Gasteiger partial charge in [0.2, 0.25) is 0 Å². The summed E-state index contributed by atoms with van der Waals surface area (Å²) in [5.74, 6) is 1.69. The van der Waals surface area contributed by atoms with Gasteiger partial charge in [-0.25, -0.2) is 15.0 Å². The summed E-state index contributed by atoms with van der Waals surface area (Å²) in [6.45, 7) is 0. The first-order valence-electron chi connectivity index (χ1n) is 19.8. The van der Waals surface area contributed by atoms with Gasteiger partial charge in [0, 0.05) is 54.9 Å². The summed E-state index contributed by atoms with van der Waals surface area (Å²) in [5.41, 5.74) is 9.11. The molecule has 0 unspecified atom stereocenters. The highest BCUT2D eigenvalue weighted by molar-refractivity contribution is 6.23. The Bertz CT molecular complexity index is 3860. The smallest absolute Gasteiger partial charge is 0.167 e. The lowest BCUT2D eigenvalue weighted by Gasteiger charge is -2.13. The quantitative estimate of drug-likeness (QED) is 0.179. The van der Waals surface area contributed by atoms with E-state index in [1.54, 1.807) is 0 Å². The maximum absolute atomic E-state index is 7.04. The van der Waals surface area contributed by atoms with Gasteiger partial charge in [-0.3, -0.25) is 0 Å². The average Bonchev–Trinajstić information content (AvgIpc) is 3.97. The summed E-state index contributed by atoms with van der Waals surface area (Å²) in [5, 5.41) is 11.2. The van der Waals surface area contributed by atoms with E-state index in [1.165, 1.54) is 21.5 Å². The Labute approximate surface area is 336 Å². The number of benzene rings is 9. The summed E-state index contributed by atoms with van der Waals surface area (Å²) in [7, 11) is 0. The van der Waals surface area contributed by atoms with Crippen LogP contribution in [0.4, 0.5) is 0 Å². The van der Waals surface area contributed by atoms with Crippen LogP contribution in [0.2, 0.25) is 0 Å². The van der Waals surface area contributed by atoms with Gasteiger partial charge in [-0.2, -0.15) is 0 Å². The zero-order valence-electron chi connectivity index (χ0n) is 31.4. The monoisotopic (exact) mass is 754 g/mol. The molecule has 13 aromatic rings. The number of nitrogens with zero attached hydrogens (tertiary/aromatic N) is 4. The van der Waals surface area contributed by atoms with Crippen molar-refractivity contribution in [1.82, 2.24) is 19.5 Å². The van der Waals surface area contributed by atoms with E-state index < -0.39 is 0 Å². The molecule has 0 atom stereocenters. The SMILES string of the molecule is c1ccc(-c2nc(-c3ccc4oc5ccccc5c4c3)nc(-c3cccc4c3oc3cc(-n5c6ccccc6c6cc7ccccc7cc65)c5ccccc5c34)n2)cc1. The van der Waals surface area contributed by atoms with Gasteiger partial charge in [0.15, 0.2) is 17.5 Å². The van der Waals surface area contributed by atoms with Crippen LogP contribution in [0.25, 0.3) is 127 Å². The van der Waals surface area contributed by atoms with Gasteiger partial charge < -0.3 is 13.4 Å². The van der Waals surface area contributed by atoms with Crippen molar-refractivity contribution < 1.29 is 8.83 Å². The molecule has 0 radical (unpaired) electrons. The summed E-state index contributed by atoms with van der Waals surface area (Å²) in [4.78, 5) is 15.4. The third-order valence-electron chi connectivity index (χ3n) is 11.8. The molecule has 0 aliphatic rings. The molecule has 9 aromatic carbocycles. The van der Waals surface area contributed by atoms with E-state index in [2.05, 4.69) is 120 Å². The van der Waals surface area contributed by atoms with Crippen molar-refractivity contribution in [2.24, 2.45) is 0 Å². The van der Waals surface area contributed by atoms with Gasteiger partial charge in [-0.05, 0) is 64.7 Å². The van der Waals surface area contributed by atoms with Crippen LogP contribution < -0.4 is 0 Å². The summed E-state index contributed by atoms with van der Waals surface area (Å²) < 4.78 is 15.6. The largest absolute Gasteiger partial charge is 0.456 e. The topological polar surface area (TPSA) is 69.9 Å². The number of para-hydroxylation sites is 3. The Morgan fingerprint density at radius 2 is 1.02 bits per heavy atom. The van der Waals surface area contributed by atoms with Crippen LogP contribution >= 0.6 is 0 Å². The number of hydrogen-bond donors (Lipinski definition) is 0. The second-order valence-corrected chi connectivity index (χ2v) is 15.1. The van der Waals surface area contributed by atoms with Crippen LogP contribution in [0.1, 0.15) is 0 Å². The zero-order chi connectivity index (χ0) is 38.6. The van der Waals surface area contributed by atoms with E-state index >= 15 is 0 Å². The van der Waals surface area contributed by atoms with E-state index in [1.807, 2.05) is 66.7 Å². The van der Waals surface area contributed by atoms with Crippen molar-refractivity contribution in [3.05, 3.63) is 182 Å². The Morgan fingerprint density at radius 1 is 0.356 bits per heavy atom. The molecule has 0 saturated carbocycles. The van der Waals surface area contributed by atoms with Gasteiger partial charge in [-0.15, -0.1) is 0 Å². The summed E-state index contributed by atoms with van der Waals surface area (Å²) >= 11 is 0. The molecule has 0 amide bonds. The van der Waals surface area contributed by atoms with Crippen molar-refractivity contribution in [2.75, 3.05) is 0 Å². The van der Waals surface area contributed by atoms with Crippen molar-refractivity contribution >= 4 is 87.2 Å².